The first-order chi connectivity index (χ1) is 15.8. The maximum atomic E-state index is 14.4. The second-order valence-corrected chi connectivity index (χ2v) is 10.5. The number of pyridine rings is 1. The number of amides is 1. The summed E-state index contributed by atoms with van der Waals surface area (Å²) in [5.74, 6) is -1.13. The van der Waals surface area contributed by atoms with Crippen molar-refractivity contribution >= 4 is 27.3 Å². The minimum Gasteiger partial charge on any atom is -0.494 e. The van der Waals surface area contributed by atoms with E-state index in [4.69, 9.17) is 4.74 Å². The van der Waals surface area contributed by atoms with Crippen molar-refractivity contribution in [3.05, 3.63) is 76.0 Å². The maximum absolute atomic E-state index is 14.4. The fourth-order valence-electron chi connectivity index (χ4n) is 3.44. The lowest BCUT2D eigenvalue weighted by atomic mass is 9.84. The number of methoxy groups -OCH3 is 1. The molecule has 8 nitrogen and oxygen atoms in total. The van der Waals surface area contributed by atoms with Crippen LogP contribution in [-0.4, -0.2) is 32.7 Å². The molecule has 3 aromatic rings. The summed E-state index contributed by atoms with van der Waals surface area (Å²) in [5.41, 5.74) is 1.06. The van der Waals surface area contributed by atoms with Crippen LogP contribution in [0.3, 0.4) is 0 Å². The van der Waals surface area contributed by atoms with Gasteiger partial charge in [0, 0.05) is 22.9 Å². The van der Waals surface area contributed by atoms with E-state index in [1.165, 1.54) is 25.4 Å². The van der Waals surface area contributed by atoms with Crippen molar-refractivity contribution in [3.8, 4) is 16.9 Å². The zero-order valence-corrected chi connectivity index (χ0v) is 20.3. The molecular weight excluding hydrogens is 461 g/mol. The largest absolute Gasteiger partial charge is 0.494 e. The van der Waals surface area contributed by atoms with Gasteiger partial charge in [-0.25, -0.2) is 12.8 Å². The summed E-state index contributed by atoms with van der Waals surface area (Å²) in [6.45, 7) is 5.91. The Balaban J connectivity index is 2.07. The molecule has 180 valence electrons. The molecule has 34 heavy (non-hydrogen) atoms. The number of anilines is 2. The topological polar surface area (TPSA) is 117 Å². The van der Waals surface area contributed by atoms with E-state index < -0.39 is 27.2 Å². The standard InChI is InChI=1S/C24H26FN3O5S/c1-24(2,3)17-11-15(16-7-6-10-26-23(16)30)13-20(21(17)33-4)27-22(29)14-8-9-19(18(25)12-14)28-34(5,31)32/h6-13,28H,1-5H3,(H,26,30)(H,27,29). The van der Waals surface area contributed by atoms with E-state index in [0.29, 0.717) is 22.6 Å². The lowest BCUT2D eigenvalue weighted by Gasteiger charge is -2.25. The van der Waals surface area contributed by atoms with Gasteiger partial charge in [-0.15, -0.1) is 0 Å². The number of hydrogen-bond acceptors (Lipinski definition) is 5. The van der Waals surface area contributed by atoms with E-state index in [1.54, 1.807) is 18.2 Å². The first kappa shape index (κ1) is 25.0. The summed E-state index contributed by atoms with van der Waals surface area (Å²) in [6.07, 6.45) is 2.43. The number of H-pyrrole nitrogens is 1. The molecule has 2 aromatic carbocycles. The van der Waals surface area contributed by atoms with Gasteiger partial charge in [0.2, 0.25) is 10.0 Å². The molecule has 0 atom stereocenters. The maximum Gasteiger partial charge on any atom is 0.255 e. The molecule has 0 bridgehead atoms. The quantitative estimate of drug-likeness (QED) is 0.484. The average molecular weight is 488 g/mol. The van der Waals surface area contributed by atoms with Crippen molar-refractivity contribution in [2.75, 3.05) is 23.4 Å². The number of rotatable bonds is 6. The summed E-state index contributed by atoms with van der Waals surface area (Å²) < 4.78 is 44.8. The van der Waals surface area contributed by atoms with Gasteiger partial charge in [-0.1, -0.05) is 20.8 Å². The molecular formula is C24H26FN3O5S. The summed E-state index contributed by atoms with van der Waals surface area (Å²) in [7, 11) is -2.21. The van der Waals surface area contributed by atoms with Crippen LogP contribution in [0.5, 0.6) is 5.75 Å². The highest BCUT2D eigenvalue weighted by molar-refractivity contribution is 7.92. The Kier molecular flexibility index (Phi) is 6.83. The third-order valence-corrected chi connectivity index (χ3v) is 5.60. The highest BCUT2D eigenvalue weighted by Crippen LogP contribution is 2.40. The van der Waals surface area contributed by atoms with Crippen LogP contribution in [0.4, 0.5) is 15.8 Å². The van der Waals surface area contributed by atoms with E-state index in [1.807, 2.05) is 26.8 Å². The Labute approximate surface area is 197 Å². The van der Waals surface area contributed by atoms with Crippen molar-refractivity contribution < 1.29 is 22.3 Å². The molecule has 0 spiro atoms. The Hall–Kier alpha value is -3.66. The van der Waals surface area contributed by atoms with Gasteiger partial charge in [-0.05, 0) is 53.4 Å². The fourth-order valence-corrected chi connectivity index (χ4v) is 4.00. The van der Waals surface area contributed by atoms with Crippen LogP contribution >= 0.6 is 0 Å². The molecule has 1 amide bonds. The third-order valence-electron chi connectivity index (χ3n) is 5.01. The van der Waals surface area contributed by atoms with Crippen LogP contribution < -0.4 is 20.3 Å². The summed E-state index contributed by atoms with van der Waals surface area (Å²) in [6, 6.07) is 10.2. The monoisotopic (exact) mass is 487 g/mol. The number of sulfonamides is 1. The molecule has 0 fully saturated rings. The van der Waals surface area contributed by atoms with Gasteiger partial charge in [-0.3, -0.25) is 14.3 Å². The predicted molar refractivity (Wildman–Crippen MR) is 131 cm³/mol. The minimum atomic E-state index is -3.68. The Morgan fingerprint density at radius 3 is 2.35 bits per heavy atom. The molecule has 1 heterocycles. The van der Waals surface area contributed by atoms with Gasteiger partial charge in [0.1, 0.15) is 11.6 Å². The molecule has 0 unspecified atom stereocenters. The molecule has 0 aliphatic heterocycles. The molecule has 0 radical (unpaired) electrons. The molecule has 3 rings (SSSR count). The van der Waals surface area contributed by atoms with E-state index >= 15 is 0 Å². The number of ether oxygens (including phenoxy) is 1. The Morgan fingerprint density at radius 2 is 1.79 bits per heavy atom. The molecule has 1 aromatic heterocycles. The highest BCUT2D eigenvalue weighted by atomic mass is 32.2. The molecule has 3 N–H and O–H groups in total. The zero-order chi connectivity index (χ0) is 25.3. The Bertz CT molecular complexity index is 1410. The predicted octanol–water partition coefficient (Wildman–Crippen LogP) is 4.11. The van der Waals surface area contributed by atoms with E-state index in [9.17, 15) is 22.4 Å². The summed E-state index contributed by atoms with van der Waals surface area (Å²) in [5, 5.41) is 2.73. The van der Waals surface area contributed by atoms with E-state index in [0.717, 1.165) is 17.9 Å². The average Bonchev–Trinajstić information content (AvgIpc) is 2.73. The minimum absolute atomic E-state index is 0.0288. The van der Waals surface area contributed by atoms with Crippen LogP contribution in [0.15, 0.2) is 53.5 Å². The number of aromatic nitrogens is 1. The van der Waals surface area contributed by atoms with Gasteiger partial charge in [0.15, 0.2) is 0 Å². The van der Waals surface area contributed by atoms with Crippen molar-refractivity contribution in [2.45, 2.75) is 26.2 Å². The van der Waals surface area contributed by atoms with Crippen LogP contribution in [0.25, 0.3) is 11.1 Å². The lowest BCUT2D eigenvalue weighted by Crippen LogP contribution is -2.18. The summed E-state index contributed by atoms with van der Waals surface area (Å²) >= 11 is 0. The van der Waals surface area contributed by atoms with Crippen molar-refractivity contribution in [1.29, 1.82) is 0 Å². The number of nitrogens with one attached hydrogen (secondary N) is 3. The number of halogens is 1. The number of aromatic amines is 1. The van der Waals surface area contributed by atoms with Gasteiger partial charge < -0.3 is 15.0 Å². The van der Waals surface area contributed by atoms with Gasteiger partial charge in [-0.2, -0.15) is 0 Å². The molecule has 0 saturated carbocycles. The Morgan fingerprint density at radius 1 is 1.09 bits per heavy atom. The van der Waals surface area contributed by atoms with Gasteiger partial charge >= 0.3 is 0 Å². The second kappa shape index (κ2) is 9.30. The van der Waals surface area contributed by atoms with Crippen LogP contribution in [0, 0.1) is 5.82 Å². The first-order valence-corrected chi connectivity index (χ1v) is 12.2. The first-order valence-electron chi connectivity index (χ1n) is 10.3. The SMILES string of the molecule is COc1c(NC(=O)c2ccc(NS(C)(=O)=O)c(F)c2)cc(-c2ccc[nH]c2=O)cc1C(C)(C)C. The molecule has 0 saturated heterocycles. The lowest BCUT2D eigenvalue weighted by molar-refractivity contribution is 0.102. The van der Waals surface area contributed by atoms with Gasteiger partial charge in [0.25, 0.3) is 11.5 Å². The zero-order valence-electron chi connectivity index (χ0n) is 19.4. The second-order valence-electron chi connectivity index (χ2n) is 8.79. The van der Waals surface area contributed by atoms with Crippen molar-refractivity contribution in [3.63, 3.8) is 0 Å². The van der Waals surface area contributed by atoms with Gasteiger partial charge in [0.05, 0.1) is 24.7 Å². The van der Waals surface area contributed by atoms with Crippen LogP contribution in [-0.2, 0) is 15.4 Å². The van der Waals surface area contributed by atoms with Crippen LogP contribution in [0.1, 0.15) is 36.7 Å². The smallest absolute Gasteiger partial charge is 0.255 e. The molecule has 0 aliphatic carbocycles. The third kappa shape index (κ3) is 5.63. The molecule has 0 aliphatic rings. The van der Waals surface area contributed by atoms with E-state index in [2.05, 4.69) is 15.0 Å². The number of carbonyl (C=O) groups excluding carboxylic acids is 1. The van der Waals surface area contributed by atoms with Crippen molar-refractivity contribution in [2.24, 2.45) is 0 Å². The fraction of sp³-hybridized carbons (Fsp3) is 0.250. The van der Waals surface area contributed by atoms with E-state index in [-0.39, 0.29) is 16.8 Å². The number of benzene rings is 2. The highest BCUT2D eigenvalue weighted by Gasteiger charge is 2.24. The normalized spacial score (nSPS) is 11.7. The number of hydrogen-bond donors (Lipinski definition) is 3. The van der Waals surface area contributed by atoms with Crippen molar-refractivity contribution in [1.82, 2.24) is 4.98 Å². The molecule has 10 heteroatoms. The number of carbonyl (C=O) groups is 1. The summed E-state index contributed by atoms with van der Waals surface area (Å²) in [4.78, 5) is 28.0. The van der Waals surface area contributed by atoms with Crippen LogP contribution in [0.2, 0.25) is 0 Å².